The van der Waals surface area contributed by atoms with E-state index in [1.165, 1.54) is 28.5 Å². The molecule has 6 aliphatic carbocycles. The number of nitrogens with zero attached hydrogens (tertiary/aromatic N) is 2. The van der Waals surface area contributed by atoms with Crippen molar-refractivity contribution in [2.24, 2.45) is 5.92 Å². The number of sulfonamides is 2. The molecule has 0 atom stereocenters. The number of carbonyl (C=O) groups is 4. The summed E-state index contributed by atoms with van der Waals surface area (Å²) in [4.78, 5) is 58.6. The van der Waals surface area contributed by atoms with Gasteiger partial charge >= 0.3 is 18.3 Å². The van der Waals surface area contributed by atoms with Crippen LogP contribution >= 0.6 is 38.6 Å². The van der Waals surface area contributed by atoms with Crippen molar-refractivity contribution in [1.29, 1.82) is 0 Å². The normalized spacial score (nSPS) is 22.1. The largest absolute Gasteiger partial charge is 0.447 e. The Hall–Kier alpha value is -4.72. The minimum Gasteiger partial charge on any atom is -0.447 e. The number of anilines is 2. The molecule has 6 saturated carbocycles. The van der Waals surface area contributed by atoms with Gasteiger partial charge in [-0.1, -0.05) is 26.0 Å². The zero-order valence-electron chi connectivity index (χ0n) is 51.5. The molecule has 6 fully saturated rings. The Bertz CT molecular complexity index is 3170. The number of thiazole rings is 2. The Balaban J connectivity index is 0.000000222. The van der Waals surface area contributed by atoms with Crippen molar-refractivity contribution < 1.29 is 50.2 Å². The fourth-order valence-corrected chi connectivity index (χ4v) is 17.4. The number of halogens is 1. The summed E-state index contributed by atoms with van der Waals surface area (Å²) in [6, 6.07) is 9.74. The van der Waals surface area contributed by atoms with E-state index in [1.807, 2.05) is 47.7 Å². The maximum Gasteiger partial charge on any atom is 0.411 e. The van der Waals surface area contributed by atoms with E-state index in [2.05, 4.69) is 51.6 Å². The van der Waals surface area contributed by atoms with Crippen LogP contribution in [0.25, 0.3) is 10.4 Å². The summed E-state index contributed by atoms with van der Waals surface area (Å²) < 4.78 is 74.3. The van der Waals surface area contributed by atoms with E-state index in [0.717, 1.165) is 90.7 Å². The second kappa shape index (κ2) is 27.1. The smallest absolute Gasteiger partial charge is 0.411 e. The van der Waals surface area contributed by atoms with Gasteiger partial charge in [0.25, 0.3) is 0 Å². The molecule has 6 aliphatic rings. The van der Waals surface area contributed by atoms with Gasteiger partial charge in [0.15, 0.2) is 0 Å². The average molecular weight is 1310 g/mol. The van der Waals surface area contributed by atoms with Gasteiger partial charge in [0.05, 0.1) is 53.0 Å². The molecule has 0 saturated heterocycles. The summed E-state index contributed by atoms with van der Waals surface area (Å²) in [5, 5.41) is 13.9. The second-order valence-electron chi connectivity index (χ2n) is 26.4. The lowest BCUT2D eigenvalue weighted by Gasteiger charge is -2.52. The van der Waals surface area contributed by atoms with E-state index in [-0.39, 0.29) is 74.0 Å². The van der Waals surface area contributed by atoms with E-state index in [0.29, 0.717) is 28.9 Å². The Kier molecular flexibility index (Phi) is 22.1. The van der Waals surface area contributed by atoms with Gasteiger partial charge in [0.1, 0.15) is 0 Å². The van der Waals surface area contributed by atoms with Gasteiger partial charge in [0.2, 0.25) is 26.0 Å². The number of alkyl carbamates (subject to hydrolysis) is 2. The van der Waals surface area contributed by atoms with Gasteiger partial charge in [-0.2, -0.15) is 0 Å². The number of benzene rings is 2. The number of aryl methyl sites for hydroxylation is 1. The topological polar surface area (TPSA) is 262 Å². The van der Waals surface area contributed by atoms with Crippen LogP contribution in [0.2, 0.25) is 0 Å². The van der Waals surface area contributed by atoms with Crippen LogP contribution in [-0.4, -0.2) is 91.5 Å². The average Bonchev–Trinajstić information content (AvgIpc) is 1.74. The minimum absolute atomic E-state index is 0.0534. The third-order valence-electron chi connectivity index (χ3n) is 15.2. The van der Waals surface area contributed by atoms with Gasteiger partial charge in [-0.25, -0.2) is 50.6 Å². The Labute approximate surface area is 514 Å². The van der Waals surface area contributed by atoms with Crippen molar-refractivity contribution in [3.05, 3.63) is 68.2 Å². The molecule has 6 N–H and O–H groups in total. The quantitative estimate of drug-likeness (QED) is 0.0571. The molecule has 10 rings (SSSR count). The molecule has 466 valence electrons. The van der Waals surface area contributed by atoms with Gasteiger partial charge in [0, 0.05) is 62.5 Å². The van der Waals surface area contributed by atoms with Crippen LogP contribution in [0.1, 0.15) is 196 Å². The monoisotopic (exact) mass is 1300 g/mol. The molecule has 4 amide bonds. The van der Waals surface area contributed by atoms with E-state index in [1.54, 1.807) is 104 Å². The van der Waals surface area contributed by atoms with Gasteiger partial charge in [-0.15, -0.1) is 22.7 Å². The molecule has 84 heavy (non-hydrogen) atoms. The van der Waals surface area contributed by atoms with Crippen molar-refractivity contribution in [2.75, 3.05) is 10.6 Å². The Morgan fingerprint density at radius 1 is 0.571 bits per heavy atom. The first-order chi connectivity index (χ1) is 38.8. The number of aromatic nitrogens is 2. The predicted octanol–water partition coefficient (Wildman–Crippen LogP) is 13.8. The van der Waals surface area contributed by atoms with Crippen LogP contribution in [-0.2, 0) is 49.9 Å². The van der Waals surface area contributed by atoms with Crippen LogP contribution in [0.3, 0.4) is 0 Å². The van der Waals surface area contributed by atoms with E-state index in [9.17, 15) is 36.0 Å². The van der Waals surface area contributed by atoms with Crippen molar-refractivity contribution in [3.63, 3.8) is 0 Å². The Morgan fingerprint density at radius 2 is 0.976 bits per heavy atom. The molecule has 2 aromatic heterocycles. The predicted molar refractivity (Wildman–Crippen MR) is 336 cm³/mol. The van der Waals surface area contributed by atoms with Crippen molar-refractivity contribution in [3.8, 4) is 10.4 Å². The molecular weight excluding hydrogens is 1220 g/mol. The summed E-state index contributed by atoms with van der Waals surface area (Å²) in [6.45, 7) is 27.2. The third-order valence-corrected chi connectivity index (χ3v) is 21.9. The maximum atomic E-state index is 13.6. The number of amides is 4. The standard InChI is InChI=1S/C29H42N4O6S2.C16H26N2O3S.C15H21BrN2O2S/c1-18(2)38-25(34)31-20-8-9-21(23(16-20)41(36,37)33-27(5,6)7)22-17-30-24(40-22)28-10-13-29(14-11-28,15-12-28)32-26(35)39-19(3)4;1-11(2)9-15(19)17-13-8-7-12(3)14(10-13)22(20,21)18-16(4,5)6;1-10(2)20-13(19)18-15-6-3-14(4-7-15,5-8-15)12-17-9-11(16)21-12/h8-9,16-19,33H,10-15H2,1-7H3,(H,31,34)(H,32,35);7-8,10-11,18H,9H2,1-6H3,(H,17,19);9-10H,3-8H2,1-2H3,(H,18,19). The fraction of sp³-hybridized carbons (Fsp3) is 0.633. The molecule has 19 nitrogen and oxygen atoms in total. The highest BCUT2D eigenvalue weighted by molar-refractivity contribution is 9.11. The molecule has 4 aromatic rings. The molecule has 0 spiro atoms. The molecule has 0 unspecified atom stereocenters. The molecule has 2 heterocycles. The number of hydrogen-bond donors (Lipinski definition) is 6. The summed E-state index contributed by atoms with van der Waals surface area (Å²) in [7, 11) is -7.58. The lowest BCUT2D eigenvalue weighted by molar-refractivity contribution is -0.116. The summed E-state index contributed by atoms with van der Waals surface area (Å²) >= 11 is 6.78. The zero-order valence-corrected chi connectivity index (χ0v) is 56.4. The van der Waals surface area contributed by atoms with Gasteiger partial charge < -0.3 is 30.2 Å². The number of carbonyl (C=O) groups excluding carboxylic acids is 4. The highest BCUT2D eigenvalue weighted by atomic mass is 79.9. The number of ether oxygens (including phenoxy) is 3. The van der Waals surface area contributed by atoms with Crippen molar-refractivity contribution in [1.82, 2.24) is 30.0 Å². The SMILES string of the molecule is CC(C)OC(=O)NC12CCC(c3ncc(Br)s3)(CC1)CC2.CC(C)OC(=O)Nc1ccc(-c2cnc(C34CCC(NC(=O)OC(C)C)(CC3)CC4)s2)c(S(=O)(=O)NC(C)(C)C)c1.Cc1ccc(NC(=O)CC(C)C)cc1S(=O)(=O)NC(C)(C)C. The number of nitrogens with one attached hydrogen (secondary N) is 6. The zero-order chi connectivity index (χ0) is 62.4. The van der Waals surface area contributed by atoms with Crippen LogP contribution in [0, 0.1) is 12.8 Å². The first-order valence-corrected chi connectivity index (χ1v) is 34.4. The molecule has 4 bridgehead atoms. The number of hydrogen-bond acceptors (Lipinski definition) is 15. The maximum absolute atomic E-state index is 13.6. The molecule has 2 aromatic carbocycles. The highest BCUT2D eigenvalue weighted by Gasteiger charge is 2.53. The van der Waals surface area contributed by atoms with Crippen LogP contribution in [0.4, 0.5) is 25.8 Å². The molecule has 0 aliphatic heterocycles. The van der Waals surface area contributed by atoms with Crippen molar-refractivity contribution >= 4 is 94.2 Å². The molecular formula is C60H89BrN8O11S4. The second-order valence-corrected chi connectivity index (χ2v) is 33.1. The first kappa shape index (κ1) is 68.4. The molecule has 24 heteroatoms. The summed E-state index contributed by atoms with van der Waals surface area (Å²) in [5.41, 5.74) is 0.531. The number of fused-ring (bicyclic) bond motifs is 6. The Morgan fingerprint density at radius 3 is 1.40 bits per heavy atom. The third kappa shape index (κ3) is 18.6. The van der Waals surface area contributed by atoms with Crippen LogP contribution in [0.5, 0.6) is 0 Å². The lowest BCUT2D eigenvalue weighted by Crippen LogP contribution is -2.58. The molecule has 0 radical (unpaired) electrons. The fourth-order valence-electron chi connectivity index (χ4n) is 11.3. The highest BCUT2D eigenvalue weighted by Crippen LogP contribution is 2.56. The van der Waals surface area contributed by atoms with E-state index < -0.39 is 37.2 Å². The summed E-state index contributed by atoms with van der Waals surface area (Å²) in [5.74, 6) is 0.127. The minimum atomic E-state index is -3.95. The van der Waals surface area contributed by atoms with Crippen LogP contribution < -0.4 is 30.7 Å². The van der Waals surface area contributed by atoms with E-state index >= 15 is 0 Å². The number of rotatable bonds is 16. The van der Waals surface area contributed by atoms with Gasteiger partial charge in [-0.05, 0) is 219 Å². The lowest BCUT2D eigenvalue weighted by atomic mass is 9.57. The first-order valence-electron chi connectivity index (χ1n) is 29.0. The van der Waals surface area contributed by atoms with Crippen molar-refractivity contribution in [2.45, 2.75) is 248 Å². The van der Waals surface area contributed by atoms with Gasteiger partial charge in [-0.3, -0.25) is 10.1 Å². The van der Waals surface area contributed by atoms with Crippen LogP contribution in [0.15, 0.2) is 62.4 Å². The summed E-state index contributed by atoms with van der Waals surface area (Å²) in [6.07, 6.45) is 13.8. The van der Waals surface area contributed by atoms with E-state index in [4.69, 9.17) is 19.2 Å².